The number of nitrogen functional groups attached to an aromatic ring is 1. The van der Waals surface area contributed by atoms with Gasteiger partial charge in [0, 0.05) is 24.1 Å². The number of hydrogen-bond acceptors (Lipinski definition) is 7. The van der Waals surface area contributed by atoms with Crippen LogP contribution in [0.1, 0.15) is 21.5 Å². The Bertz CT molecular complexity index is 1850. The molecule has 0 saturated carbocycles. The standard InChI is InChI=1S/C15H12F2IN5.C15H12F2INO2/c1-7-6-8(18)2-5-11(7)20-13-9(3-4-10(16)12(13)17)14-21-15(19)23-22-14;1-8-7-9(18)3-6-12(8)19-14-10(15(20)21-2)4-5-11(16)13(14)17/h2-6,20H,1H3,(H3,19,21,22,23);3-7,19H,1-2H3. The van der Waals surface area contributed by atoms with Gasteiger partial charge in [-0.05, 0) is 131 Å². The maximum absolute atomic E-state index is 14.3. The Hall–Kier alpha value is -3.93. The van der Waals surface area contributed by atoms with Crippen molar-refractivity contribution in [2.24, 2.45) is 0 Å². The lowest BCUT2D eigenvalue weighted by molar-refractivity contribution is 0.0601. The predicted octanol–water partition coefficient (Wildman–Crippen LogP) is 8.40. The number of halogens is 6. The Labute approximate surface area is 277 Å². The Morgan fingerprint density at radius 3 is 1.84 bits per heavy atom. The van der Waals surface area contributed by atoms with E-state index in [2.05, 4.69) is 75.7 Å². The van der Waals surface area contributed by atoms with Crippen LogP contribution in [0.4, 0.5) is 46.3 Å². The number of hydrogen-bond donors (Lipinski definition) is 4. The third-order valence-corrected chi connectivity index (χ3v) is 7.59. The van der Waals surface area contributed by atoms with E-state index in [-0.39, 0.29) is 28.7 Å². The van der Waals surface area contributed by atoms with Crippen molar-refractivity contribution in [2.45, 2.75) is 13.8 Å². The van der Waals surface area contributed by atoms with Crippen molar-refractivity contribution in [1.29, 1.82) is 0 Å². The average molecular weight is 830 g/mol. The summed E-state index contributed by atoms with van der Waals surface area (Å²) in [5.41, 5.74) is 8.52. The number of esters is 1. The van der Waals surface area contributed by atoms with Crippen LogP contribution >= 0.6 is 45.2 Å². The van der Waals surface area contributed by atoms with Gasteiger partial charge in [0.15, 0.2) is 29.1 Å². The van der Waals surface area contributed by atoms with E-state index >= 15 is 0 Å². The van der Waals surface area contributed by atoms with E-state index in [4.69, 9.17) is 5.73 Å². The molecule has 0 aliphatic rings. The molecule has 0 radical (unpaired) electrons. The van der Waals surface area contributed by atoms with Crippen LogP contribution in [0.3, 0.4) is 0 Å². The summed E-state index contributed by atoms with van der Waals surface area (Å²) >= 11 is 4.34. The number of anilines is 5. The molecule has 44 heavy (non-hydrogen) atoms. The van der Waals surface area contributed by atoms with Gasteiger partial charge in [0.2, 0.25) is 5.95 Å². The number of aromatic amines is 1. The van der Waals surface area contributed by atoms with Crippen molar-refractivity contribution in [2.75, 3.05) is 23.5 Å². The maximum atomic E-state index is 14.3. The molecule has 1 aromatic heterocycles. The van der Waals surface area contributed by atoms with Crippen LogP contribution in [-0.2, 0) is 4.74 Å². The molecule has 4 aromatic carbocycles. The molecule has 0 unspecified atom stereocenters. The highest BCUT2D eigenvalue weighted by atomic mass is 127. The van der Waals surface area contributed by atoms with Crippen LogP contribution in [0.15, 0.2) is 60.7 Å². The molecule has 0 bridgehead atoms. The summed E-state index contributed by atoms with van der Waals surface area (Å²) in [6, 6.07) is 15.6. The lowest BCUT2D eigenvalue weighted by Crippen LogP contribution is -2.09. The van der Waals surface area contributed by atoms with Crippen molar-refractivity contribution in [3.8, 4) is 11.4 Å². The zero-order valence-electron chi connectivity index (χ0n) is 23.3. The number of aryl methyl sites for hydroxylation is 2. The zero-order chi connectivity index (χ0) is 32.1. The van der Waals surface area contributed by atoms with E-state index in [1.807, 2.05) is 38.1 Å². The van der Waals surface area contributed by atoms with E-state index in [1.54, 1.807) is 12.1 Å². The van der Waals surface area contributed by atoms with E-state index in [9.17, 15) is 22.4 Å². The molecular weight excluding hydrogens is 806 g/mol. The van der Waals surface area contributed by atoms with Crippen LogP contribution < -0.4 is 16.4 Å². The van der Waals surface area contributed by atoms with Gasteiger partial charge in [-0.3, -0.25) is 5.10 Å². The minimum atomic E-state index is -1.11. The summed E-state index contributed by atoms with van der Waals surface area (Å²) in [6.45, 7) is 3.72. The highest BCUT2D eigenvalue weighted by molar-refractivity contribution is 14.1. The number of methoxy groups -OCH3 is 1. The Balaban J connectivity index is 0.000000202. The summed E-state index contributed by atoms with van der Waals surface area (Å²) in [5.74, 6) is -4.54. The molecule has 5 N–H and O–H groups in total. The van der Waals surface area contributed by atoms with Gasteiger partial charge in [0.05, 0.1) is 24.0 Å². The van der Waals surface area contributed by atoms with Crippen molar-refractivity contribution < 1.29 is 27.1 Å². The number of nitrogens with two attached hydrogens (primary N) is 1. The summed E-state index contributed by atoms with van der Waals surface area (Å²) in [6.07, 6.45) is 0. The fraction of sp³-hybridized carbons (Fsp3) is 0.100. The van der Waals surface area contributed by atoms with Crippen molar-refractivity contribution >= 4 is 79.8 Å². The monoisotopic (exact) mass is 830 g/mol. The molecular formula is C30H24F4I2N6O2. The molecule has 8 nitrogen and oxygen atoms in total. The highest BCUT2D eigenvalue weighted by Crippen LogP contribution is 2.34. The number of carbonyl (C=O) groups excluding carboxylic acids is 1. The third-order valence-electron chi connectivity index (χ3n) is 6.25. The quantitative estimate of drug-likeness (QED) is 0.0772. The minimum Gasteiger partial charge on any atom is -0.465 e. The predicted molar refractivity (Wildman–Crippen MR) is 178 cm³/mol. The van der Waals surface area contributed by atoms with Gasteiger partial charge in [0.1, 0.15) is 0 Å². The van der Waals surface area contributed by atoms with Gasteiger partial charge in [0.25, 0.3) is 0 Å². The number of rotatable bonds is 6. The normalized spacial score (nSPS) is 10.6. The molecule has 0 atom stereocenters. The summed E-state index contributed by atoms with van der Waals surface area (Å²) in [5, 5.41) is 12.0. The molecule has 0 amide bonds. The van der Waals surface area contributed by atoms with Gasteiger partial charge in [-0.2, -0.15) is 4.98 Å². The minimum absolute atomic E-state index is 0.0227. The van der Waals surface area contributed by atoms with E-state index in [0.29, 0.717) is 16.9 Å². The van der Waals surface area contributed by atoms with Crippen molar-refractivity contribution in [3.63, 3.8) is 0 Å². The Morgan fingerprint density at radius 1 is 0.818 bits per heavy atom. The number of benzene rings is 4. The summed E-state index contributed by atoms with van der Waals surface area (Å²) in [4.78, 5) is 15.6. The molecule has 0 spiro atoms. The first-order chi connectivity index (χ1) is 20.9. The largest absolute Gasteiger partial charge is 0.465 e. The zero-order valence-corrected chi connectivity index (χ0v) is 27.6. The lowest BCUT2D eigenvalue weighted by Gasteiger charge is -2.14. The fourth-order valence-corrected chi connectivity index (χ4v) is 5.32. The Morgan fingerprint density at radius 2 is 1.34 bits per heavy atom. The van der Waals surface area contributed by atoms with Crippen molar-refractivity contribution in [3.05, 3.63) is 108 Å². The molecule has 0 aliphatic carbocycles. The fourth-order valence-electron chi connectivity index (χ4n) is 4.02. The molecule has 5 aromatic rings. The highest BCUT2D eigenvalue weighted by Gasteiger charge is 2.20. The SMILES string of the molecule is COC(=O)c1ccc(F)c(F)c1Nc1ccc(I)cc1C.Cc1cc(I)ccc1Nc1c(-c2nc(N)n[nH]2)ccc(F)c1F. The van der Waals surface area contributed by atoms with Crippen LogP contribution in [0.25, 0.3) is 11.4 Å². The molecule has 5 rings (SSSR count). The van der Waals surface area contributed by atoms with E-state index in [0.717, 1.165) is 30.4 Å². The smallest absolute Gasteiger partial charge is 0.340 e. The van der Waals surface area contributed by atoms with Crippen LogP contribution in [-0.4, -0.2) is 28.3 Å². The average Bonchev–Trinajstić information content (AvgIpc) is 3.42. The third kappa shape index (κ3) is 7.58. The topological polar surface area (TPSA) is 118 Å². The number of ether oxygens (including phenoxy) is 1. The Kier molecular flexibility index (Phi) is 10.7. The van der Waals surface area contributed by atoms with Gasteiger partial charge >= 0.3 is 5.97 Å². The summed E-state index contributed by atoms with van der Waals surface area (Å²) < 4.78 is 62.1. The number of nitrogens with zero attached hydrogens (tertiary/aromatic N) is 2. The first-order valence-electron chi connectivity index (χ1n) is 12.7. The first kappa shape index (κ1) is 33.0. The van der Waals surface area contributed by atoms with E-state index in [1.165, 1.54) is 19.2 Å². The number of H-pyrrole nitrogens is 1. The van der Waals surface area contributed by atoms with Crippen LogP contribution in [0, 0.1) is 44.3 Å². The number of nitrogens with one attached hydrogen (secondary N) is 3. The molecule has 1 heterocycles. The maximum Gasteiger partial charge on any atom is 0.340 e. The van der Waals surface area contributed by atoms with Crippen LogP contribution in [0.5, 0.6) is 0 Å². The van der Waals surface area contributed by atoms with E-state index < -0.39 is 29.2 Å². The van der Waals surface area contributed by atoms with Gasteiger partial charge in [-0.1, -0.05) is 0 Å². The molecule has 14 heteroatoms. The second kappa shape index (κ2) is 14.2. The molecule has 0 fully saturated rings. The van der Waals surface area contributed by atoms with Gasteiger partial charge in [-0.25, -0.2) is 22.4 Å². The first-order valence-corrected chi connectivity index (χ1v) is 14.8. The second-order valence-electron chi connectivity index (χ2n) is 9.27. The summed E-state index contributed by atoms with van der Waals surface area (Å²) in [7, 11) is 1.18. The second-order valence-corrected chi connectivity index (χ2v) is 11.8. The van der Waals surface area contributed by atoms with Crippen LogP contribution in [0.2, 0.25) is 0 Å². The number of aromatic nitrogens is 3. The molecule has 0 aliphatic heterocycles. The van der Waals surface area contributed by atoms with Gasteiger partial charge in [-0.15, -0.1) is 5.10 Å². The number of carbonyl (C=O) groups is 1. The van der Waals surface area contributed by atoms with Gasteiger partial charge < -0.3 is 21.1 Å². The molecule has 228 valence electrons. The van der Waals surface area contributed by atoms with Crippen molar-refractivity contribution in [1.82, 2.24) is 15.2 Å². The molecule has 0 saturated heterocycles. The lowest BCUT2D eigenvalue weighted by atomic mass is 10.1.